The summed E-state index contributed by atoms with van der Waals surface area (Å²) < 4.78 is 4.88. The number of rotatable bonds is 3. The number of hydrogen-bond donors (Lipinski definition) is 2. The normalized spacial score (nSPS) is 21.2. The first-order valence-electron chi connectivity index (χ1n) is 4.84. The molecule has 1 unspecified atom stereocenters. The molecule has 0 bridgehead atoms. The quantitative estimate of drug-likeness (QED) is 0.760. The molecule has 0 aliphatic carbocycles. The van der Waals surface area contributed by atoms with Gasteiger partial charge in [0, 0.05) is 24.1 Å². The van der Waals surface area contributed by atoms with E-state index >= 15 is 0 Å². The van der Waals surface area contributed by atoms with Crippen LogP contribution in [0.15, 0.2) is 16.8 Å². The molecule has 1 aromatic rings. The predicted molar refractivity (Wildman–Crippen MR) is 57.5 cm³/mol. The van der Waals surface area contributed by atoms with Crippen molar-refractivity contribution in [1.82, 2.24) is 15.8 Å². The van der Waals surface area contributed by atoms with Crippen LogP contribution < -0.4 is 10.6 Å². The van der Waals surface area contributed by atoms with Crippen molar-refractivity contribution in [3.63, 3.8) is 0 Å². The molecular weight excluding hydrogens is 214 g/mol. The fraction of sp³-hybridized carbons (Fsp3) is 0.556. The average Bonchev–Trinajstić information content (AvgIpc) is 2.80. The van der Waals surface area contributed by atoms with Gasteiger partial charge in [-0.1, -0.05) is 5.16 Å². The summed E-state index contributed by atoms with van der Waals surface area (Å²) in [5.74, 6) is 2.61. The lowest BCUT2D eigenvalue weighted by molar-refractivity contribution is -0.122. The first-order chi connectivity index (χ1) is 7.36. The molecule has 0 saturated carbocycles. The van der Waals surface area contributed by atoms with Crippen molar-refractivity contribution in [3.8, 4) is 0 Å². The Labute approximate surface area is 92.0 Å². The highest BCUT2D eigenvalue weighted by atomic mass is 32.2. The van der Waals surface area contributed by atoms with Crippen molar-refractivity contribution in [2.24, 2.45) is 0 Å². The van der Waals surface area contributed by atoms with Gasteiger partial charge in [0.25, 0.3) is 0 Å². The van der Waals surface area contributed by atoms with E-state index < -0.39 is 0 Å². The first kappa shape index (κ1) is 10.5. The van der Waals surface area contributed by atoms with Crippen molar-refractivity contribution >= 4 is 17.7 Å². The minimum atomic E-state index is -0.0772. The van der Waals surface area contributed by atoms with E-state index in [1.165, 1.54) is 0 Å². The van der Waals surface area contributed by atoms with Crippen molar-refractivity contribution in [3.05, 3.63) is 18.0 Å². The lowest BCUT2D eigenvalue weighted by atomic mass is 10.3. The van der Waals surface area contributed by atoms with Crippen molar-refractivity contribution < 1.29 is 9.32 Å². The highest BCUT2D eigenvalue weighted by molar-refractivity contribution is 7.99. The maximum atomic E-state index is 11.6. The third-order valence-electron chi connectivity index (χ3n) is 2.17. The van der Waals surface area contributed by atoms with Gasteiger partial charge in [0.1, 0.15) is 0 Å². The number of nitrogens with one attached hydrogen (secondary N) is 2. The second-order valence-electron chi connectivity index (χ2n) is 3.28. The minimum absolute atomic E-state index is 0.0265. The number of carbonyl (C=O) groups excluding carboxylic acids is 1. The number of thioether (sulfide) groups is 1. The molecule has 1 atom stereocenters. The third kappa shape index (κ3) is 2.97. The molecule has 1 aromatic heterocycles. The molecule has 2 heterocycles. The van der Waals surface area contributed by atoms with Crippen LogP contribution in [-0.2, 0) is 11.3 Å². The largest absolute Gasteiger partial charge is 0.360 e. The number of amides is 1. The molecule has 1 aliphatic heterocycles. The Bertz CT molecular complexity index is 309. The van der Waals surface area contributed by atoms with Gasteiger partial charge in [-0.2, -0.15) is 11.8 Å². The molecule has 0 spiro atoms. The Morgan fingerprint density at radius 1 is 1.80 bits per heavy atom. The molecule has 82 valence electrons. The van der Waals surface area contributed by atoms with Gasteiger partial charge in [0.15, 0.2) is 5.76 Å². The predicted octanol–water partition coefficient (Wildman–Crippen LogP) is -0.00420. The smallest absolute Gasteiger partial charge is 0.238 e. The SMILES string of the molecule is O=C(NCc1ccno1)C1CSCCN1. The van der Waals surface area contributed by atoms with E-state index in [0.29, 0.717) is 12.3 Å². The van der Waals surface area contributed by atoms with E-state index in [9.17, 15) is 4.79 Å². The van der Waals surface area contributed by atoms with Gasteiger partial charge in [-0.3, -0.25) is 4.79 Å². The molecule has 15 heavy (non-hydrogen) atoms. The van der Waals surface area contributed by atoms with E-state index in [0.717, 1.165) is 18.1 Å². The Morgan fingerprint density at radius 3 is 3.40 bits per heavy atom. The summed E-state index contributed by atoms with van der Waals surface area (Å²) in [6.07, 6.45) is 1.57. The molecule has 1 saturated heterocycles. The van der Waals surface area contributed by atoms with Crippen LogP contribution >= 0.6 is 11.8 Å². The molecule has 0 radical (unpaired) electrons. The molecule has 0 aromatic carbocycles. The lowest BCUT2D eigenvalue weighted by Gasteiger charge is -2.21. The van der Waals surface area contributed by atoms with Crippen LogP contribution in [0.4, 0.5) is 0 Å². The monoisotopic (exact) mass is 227 g/mol. The molecular formula is C9H13N3O2S. The second-order valence-corrected chi connectivity index (χ2v) is 4.43. The van der Waals surface area contributed by atoms with Gasteiger partial charge in [0.2, 0.25) is 5.91 Å². The lowest BCUT2D eigenvalue weighted by Crippen LogP contribution is -2.48. The van der Waals surface area contributed by atoms with Crippen LogP contribution in [0.3, 0.4) is 0 Å². The van der Waals surface area contributed by atoms with E-state index in [1.54, 1.807) is 24.0 Å². The second kappa shape index (κ2) is 5.18. The average molecular weight is 227 g/mol. The summed E-state index contributed by atoms with van der Waals surface area (Å²) in [7, 11) is 0. The van der Waals surface area contributed by atoms with E-state index in [1.807, 2.05) is 0 Å². The summed E-state index contributed by atoms with van der Waals surface area (Å²) in [4.78, 5) is 11.6. The van der Waals surface area contributed by atoms with Crippen molar-refractivity contribution in [1.29, 1.82) is 0 Å². The summed E-state index contributed by atoms with van der Waals surface area (Å²) in [5, 5.41) is 9.54. The fourth-order valence-corrected chi connectivity index (χ4v) is 2.30. The van der Waals surface area contributed by atoms with Gasteiger partial charge in [0.05, 0.1) is 18.8 Å². The standard InChI is InChI=1S/C9H13N3O2S/c13-9(8-6-15-4-3-10-8)11-5-7-1-2-12-14-7/h1-2,8,10H,3-6H2,(H,11,13). The van der Waals surface area contributed by atoms with E-state index in [-0.39, 0.29) is 11.9 Å². The first-order valence-corrected chi connectivity index (χ1v) is 6.00. The topological polar surface area (TPSA) is 67.2 Å². The van der Waals surface area contributed by atoms with Crippen LogP contribution in [0.5, 0.6) is 0 Å². The highest BCUT2D eigenvalue weighted by Crippen LogP contribution is 2.07. The Kier molecular flexibility index (Phi) is 3.63. The van der Waals surface area contributed by atoms with Gasteiger partial charge in [-0.25, -0.2) is 0 Å². The van der Waals surface area contributed by atoms with Crippen molar-refractivity contribution in [2.45, 2.75) is 12.6 Å². The molecule has 1 aliphatic rings. The van der Waals surface area contributed by atoms with Gasteiger partial charge >= 0.3 is 0 Å². The van der Waals surface area contributed by atoms with Crippen LogP contribution in [0.2, 0.25) is 0 Å². The number of hydrogen-bond acceptors (Lipinski definition) is 5. The highest BCUT2D eigenvalue weighted by Gasteiger charge is 2.20. The molecule has 1 amide bonds. The van der Waals surface area contributed by atoms with Crippen LogP contribution in [0.1, 0.15) is 5.76 Å². The molecule has 2 rings (SSSR count). The van der Waals surface area contributed by atoms with E-state index in [2.05, 4.69) is 15.8 Å². The number of aromatic nitrogens is 1. The maximum absolute atomic E-state index is 11.6. The summed E-state index contributed by atoms with van der Waals surface area (Å²) in [5.41, 5.74) is 0. The summed E-state index contributed by atoms with van der Waals surface area (Å²) >= 11 is 1.80. The molecule has 2 N–H and O–H groups in total. The van der Waals surface area contributed by atoms with Crippen LogP contribution in [0.25, 0.3) is 0 Å². The van der Waals surface area contributed by atoms with Gasteiger partial charge in [-0.05, 0) is 0 Å². The van der Waals surface area contributed by atoms with Gasteiger partial charge < -0.3 is 15.2 Å². The zero-order chi connectivity index (χ0) is 10.5. The third-order valence-corrected chi connectivity index (χ3v) is 3.23. The summed E-state index contributed by atoms with van der Waals surface area (Å²) in [6.45, 7) is 1.30. The Morgan fingerprint density at radius 2 is 2.73 bits per heavy atom. The zero-order valence-corrected chi connectivity index (χ0v) is 9.05. The van der Waals surface area contributed by atoms with Gasteiger partial charge in [-0.15, -0.1) is 0 Å². The molecule has 1 fully saturated rings. The number of carbonyl (C=O) groups is 1. The molecule has 5 nitrogen and oxygen atoms in total. The summed E-state index contributed by atoms with van der Waals surface area (Å²) in [6, 6.07) is 1.66. The fourth-order valence-electron chi connectivity index (χ4n) is 1.36. The molecule has 6 heteroatoms. The maximum Gasteiger partial charge on any atom is 0.238 e. The minimum Gasteiger partial charge on any atom is -0.360 e. The Balaban J connectivity index is 1.76. The van der Waals surface area contributed by atoms with E-state index in [4.69, 9.17) is 4.52 Å². The number of nitrogens with zero attached hydrogens (tertiary/aromatic N) is 1. The van der Waals surface area contributed by atoms with Crippen molar-refractivity contribution in [2.75, 3.05) is 18.1 Å². The van der Waals surface area contributed by atoms with Crippen LogP contribution in [0, 0.1) is 0 Å². The Hall–Kier alpha value is -1.01. The zero-order valence-electron chi connectivity index (χ0n) is 8.23. The van der Waals surface area contributed by atoms with Crippen LogP contribution in [-0.4, -0.2) is 35.2 Å².